The molecule has 24 heavy (non-hydrogen) atoms. The first-order valence-corrected chi connectivity index (χ1v) is 8.42. The maximum atomic E-state index is 8.97. The number of hydrogen-bond donors (Lipinski definition) is 2. The summed E-state index contributed by atoms with van der Waals surface area (Å²) >= 11 is 0. The van der Waals surface area contributed by atoms with Gasteiger partial charge in [-0.3, -0.25) is 0 Å². The highest BCUT2D eigenvalue weighted by Crippen LogP contribution is 2.23. The van der Waals surface area contributed by atoms with Crippen LogP contribution in [-0.4, -0.2) is 43.9 Å². The maximum Gasteiger partial charge on any atom is 0.119 e. The molecule has 2 N–H and O–H groups in total. The van der Waals surface area contributed by atoms with Gasteiger partial charge >= 0.3 is 0 Å². The topological polar surface area (TPSA) is 44.7 Å². The number of anilines is 1. The fourth-order valence-electron chi connectivity index (χ4n) is 2.45. The maximum absolute atomic E-state index is 8.97. The van der Waals surface area contributed by atoms with E-state index in [0.717, 1.165) is 23.5 Å². The molecule has 2 rings (SSSR count). The molecular weight excluding hydrogens is 300 g/mol. The molecule has 2 aromatic rings. The van der Waals surface area contributed by atoms with Crippen LogP contribution in [0.1, 0.15) is 24.1 Å². The quantitative estimate of drug-likeness (QED) is 0.741. The number of nitrogens with zero attached hydrogens (tertiary/aromatic N) is 1. The number of rotatable bonds is 9. The average Bonchev–Trinajstić information content (AvgIpc) is 2.57. The monoisotopic (exact) mass is 328 g/mol. The van der Waals surface area contributed by atoms with Gasteiger partial charge in [0.15, 0.2) is 0 Å². The second-order valence-electron chi connectivity index (χ2n) is 6.26. The number of benzene rings is 2. The minimum Gasteiger partial charge on any atom is -0.492 e. The van der Waals surface area contributed by atoms with E-state index in [1.807, 2.05) is 38.4 Å². The van der Waals surface area contributed by atoms with Crippen molar-refractivity contribution in [2.24, 2.45) is 0 Å². The Hall–Kier alpha value is -2.04. The molecule has 1 atom stereocenters. The van der Waals surface area contributed by atoms with Crippen LogP contribution in [0.3, 0.4) is 0 Å². The lowest BCUT2D eigenvalue weighted by molar-refractivity contribution is 0.261. The van der Waals surface area contributed by atoms with Gasteiger partial charge in [0.2, 0.25) is 0 Å². The van der Waals surface area contributed by atoms with Crippen LogP contribution in [0.2, 0.25) is 0 Å². The third kappa shape index (κ3) is 5.87. The third-order valence-corrected chi connectivity index (χ3v) is 3.90. The molecule has 0 aliphatic carbocycles. The van der Waals surface area contributed by atoms with Crippen LogP contribution in [0.4, 0.5) is 5.69 Å². The van der Waals surface area contributed by atoms with Crippen LogP contribution in [0.25, 0.3) is 0 Å². The molecule has 0 aromatic heterocycles. The van der Waals surface area contributed by atoms with E-state index in [0.29, 0.717) is 13.0 Å². The minimum absolute atomic E-state index is 0.184. The first-order chi connectivity index (χ1) is 11.6. The van der Waals surface area contributed by atoms with E-state index in [4.69, 9.17) is 9.84 Å². The van der Waals surface area contributed by atoms with E-state index >= 15 is 0 Å². The van der Waals surface area contributed by atoms with Crippen molar-refractivity contribution < 1.29 is 9.84 Å². The zero-order valence-corrected chi connectivity index (χ0v) is 14.8. The number of hydrogen-bond acceptors (Lipinski definition) is 4. The molecule has 130 valence electrons. The molecule has 1 unspecified atom stereocenters. The summed E-state index contributed by atoms with van der Waals surface area (Å²) < 4.78 is 5.81. The highest BCUT2D eigenvalue weighted by molar-refractivity contribution is 5.47. The summed E-state index contributed by atoms with van der Waals surface area (Å²) in [5.41, 5.74) is 3.41. The predicted octanol–water partition coefficient (Wildman–Crippen LogP) is 3.33. The zero-order valence-electron chi connectivity index (χ0n) is 14.8. The minimum atomic E-state index is 0.184. The highest BCUT2D eigenvalue weighted by atomic mass is 16.5. The van der Waals surface area contributed by atoms with Gasteiger partial charge in [-0.25, -0.2) is 0 Å². The Morgan fingerprint density at radius 1 is 1.12 bits per heavy atom. The first kappa shape index (κ1) is 18.3. The van der Waals surface area contributed by atoms with Gasteiger partial charge in [0.25, 0.3) is 0 Å². The van der Waals surface area contributed by atoms with Crippen molar-refractivity contribution in [3.63, 3.8) is 0 Å². The standard InChI is InChI=1S/C20H28N2O2/c1-16(21-19-9-7-17(8-10-19)11-13-23)18-5-4-6-20(15-18)24-14-12-22(2)3/h4-10,15-16,21,23H,11-14H2,1-3H3. The summed E-state index contributed by atoms with van der Waals surface area (Å²) in [7, 11) is 4.08. The van der Waals surface area contributed by atoms with Crippen molar-refractivity contribution in [3.8, 4) is 5.75 Å². The summed E-state index contributed by atoms with van der Waals surface area (Å²) in [4.78, 5) is 2.11. The Labute approximate surface area is 145 Å². The van der Waals surface area contributed by atoms with Gasteiger partial charge in [-0.05, 0) is 62.8 Å². The molecule has 0 amide bonds. The van der Waals surface area contributed by atoms with E-state index in [-0.39, 0.29) is 12.6 Å². The molecule has 0 heterocycles. The summed E-state index contributed by atoms with van der Waals surface area (Å²) in [5, 5.41) is 12.5. The Bertz CT molecular complexity index is 611. The van der Waals surface area contributed by atoms with Gasteiger partial charge in [0, 0.05) is 24.9 Å². The molecule has 0 bridgehead atoms. The van der Waals surface area contributed by atoms with E-state index in [2.05, 4.69) is 41.4 Å². The van der Waals surface area contributed by atoms with Gasteiger partial charge in [-0.2, -0.15) is 0 Å². The van der Waals surface area contributed by atoms with Gasteiger partial charge in [0.05, 0.1) is 0 Å². The Balaban J connectivity index is 1.94. The predicted molar refractivity (Wildman–Crippen MR) is 99.8 cm³/mol. The molecule has 4 heteroatoms. The molecule has 0 saturated carbocycles. The molecular formula is C20H28N2O2. The molecule has 0 aliphatic heterocycles. The highest BCUT2D eigenvalue weighted by Gasteiger charge is 2.07. The van der Waals surface area contributed by atoms with Crippen molar-refractivity contribution >= 4 is 5.69 Å². The normalized spacial score (nSPS) is 12.2. The van der Waals surface area contributed by atoms with Crippen LogP contribution < -0.4 is 10.1 Å². The van der Waals surface area contributed by atoms with Gasteiger partial charge in [0.1, 0.15) is 12.4 Å². The van der Waals surface area contributed by atoms with Crippen LogP contribution in [0.15, 0.2) is 48.5 Å². The lowest BCUT2D eigenvalue weighted by Gasteiger charge is -2.17. The smallest absolute Gasteiger partial charge is 0.119 e. The molecule has 0 aliphatic rings. The summed E-state index contributed by atoms with van der Waals surface area (Å²) in [5.74, 6) is 0.904. The number of likely N-dealkylation sites (N-methyl/N-ethyl adjacent to an activating group) is 1. The number of aliphatic hydroxyl groups is 1. The second-order valence-corrected chi connectivity index (χ2v) is 6.26. The number of nitrogens with one attached hydrogen (secondary N) is 1. The molecule has 2 aromatic carbocycles. The van der Waals surface area contributed by atoms with Crippen molar-refractivity contribution in [3.05, 3.63) is 59.7 Å². The number of aliphatic hydroxyl groups excluding tert-OH is 1. The molecule has 0 radical (unpaired) electrons. The number of ether oxygens (including phenoxy) is 1. The average molecular weight is 328 g/mol. The van der Waals surface area contributed by atoms with E-state index in [1.54, 1.807) is 0 Å². The van der Waals surface area contributed by atoms with Crippen LogP contribution in [0.5, 0.6) is 5.75 Å². The lowest BCUT2D eigenvalue weighted by Crippen LogP contribution is -2.19. The Kier molecular flexibility index (Phi) is 7.09. The van der Waals surface area contributed by atoms with Gasteiger partial charge in [-0.1, -0.05) is 24.3 Å². The van der Waals surface area contributed by atoms with Crippen LogP contribution in [0, 0.1) is 0 Å². The van der Waals surface area contributed by atoms with E-state index < -0.39 is 0 Å². The fourth-order valence-corrected chi connectivity index (χ4v) is 2.45. The molecule has 0 saturated heterocycles. The van der Waals surface area contributed by atoms with Crippen molar-refractivity contribution in [1.82, 2.24) is 4.90 Å². The first-order valence-electron chi connectivity index (χ1n) is 8.42. The Morgan fingerprint density at radius 2 is 1.88 bits per heavy atom. The lowest BCUT2D eigenvalue weighted by atomic mass is 10.1. The molecule has 4 nitrogen and oxygen atoms in total. The third-order valence-electron chi connectivity index (χ3n) is 3.90. The zero-order chi connectivity index (χ0) is 17.4. The van der Waals surface area contributed by atoms with Crippen molar-refractivity contribution in [1.29, 1.82) is 0 Å². The van der Waals surface area contributed by atoms with E-state index in [9.17, 15) is 0 Å². The van der Waals surface area contributed by atoms with Crippen LogP contribution >= 0.6 is 0 Å². The molecule has 0 fully saturated rings. The summed E-state index contributed by atoms with van der Waals surface area (Å²) in [6, 6.07) is 16.6. The van der Waals surface area contributed by atoms with E-state index in [1.165, 1.54) is 5.56 Å². The van der Waals surface area contributed by atoms with Crippen molar-refractivity contribution in [2.45, 2.75) is 19.4 Å². The van der Waals surface area contributed by atoms with Crippen LogP contribution in [-0.2, 0) is 6.42 Å². The SMILES string of the molecule is CC(Nc1ccc(CCO)cc1)c1cccc(OCCN(C)C)c1. The second kappa shape index (κ2) is 9.30. The Morgan fingerprint density at radius 3 is 2.54 bits per heavy atom. The fraction of sp³-hybridized carbons (Fsp3) is 0.400. The largest absolute Gasteiger partial charge is 0.492 e. The van der Waals surface area contributed by atoms with Gasteiger partial charge in [-0.15, -0.1) is 0 Å². The summed E-state index contributed by atoms with van der Waals surface area (Å²) in [6.07, 6.45) is 0.697. The van der Waals surface area contributed by atoms with Crippen molar-refractivity contribution in [2.75, 3.05) is 39.2 Å². The summed E-state index contributed by atoms with van der Waals surface area (Å²) in [6.45, 7) is 3.91. The van der Waals surface area contributed by atoms with Gasteiger partial charge < -0.3 is 20.1 Å². The molecule has 0 spiro atoms.